The van der Waals surface area contributed by atoms with E-state index in [1.165, 1.54) is 33.2 Å². The molecule has 1 unspecified atom stereocenters. The van der Waals surface area contributed by atoms with Crippen molar-refractivity contribution >= 4 is 40.7 Å². The molecule has 1 atom stereocenters. The summed E-state index contributed by atoms with van der Waals surface area (Å²) in [6.07, 6.45) is -0.0135. The Bertz CT molecular complexity index is 916. The Hall–Kier alpha value is -1.68. The van der Waals surface area contributed by atoms with E-state index in [4.69, 9.17) is 39.6 Å². The topological polar surface area (TPSA) is 69.4 Å². The number of hydroxylamine groups is 2. The number of aromatic nitrogens is 3. The molecular weight excluding hydrogens is 429 g/mol. The van der Waals surface area contributed by atoms with Crippen LogP contribution in [0.4, 0.5) is 8.78 Å². The van der Waals surface area contributed by atoms with E-state index in [0.29, 0.717) is 5.56 Å². The molecule has 1 heterocycles. The first-order valence-corrected chi connectivity index (χ1v) is 8.68. The number of hydrogen-bond donors (Lipinski definition) is 0. The molecule has 1 amide bonds. The van der Waals surface area contributed by atoms with Gasteiger partial charge in [-0.2, -0.15) is 13.5 Å². The van der Waals surface area contributed by atoms with Crippen molar-refractivity contribution in [1.82, 2.24) is 19.4 Å². The van der Waals surface area contributed by atoms with Gasteiger partial charge in [0.15, 0.2) is 0 Å². The lowest BCUT2D eigenvalue weighted by molar-refractivity contribution is -0.168. The van der Waals surface area contributed by atoms with E-state index >= 15 is 0 Å². The lowest BCUT2D eigenvalue weighted by atomic mass is 10.1. The van der Waals surface area contributed by atoms with Crippen LogP contribution >= 0.6 is 34.8 Å². The van der Waals surface area contributed by atoms with Gasteiger partial charge < -0.3 is 0 Å². The molecule has 148 valence electrons. The third-order valence-electron chi connectivity index (χ3n) is 3.77. The highest BCUT2D eigenvalue weighted by molar-refractivity contribution is 6.36. The Labute approximate surface area is 167 Å². The summed E-state index contributed by atoms with van der Waals surface area (Å²) in [5.74, 6) is -0.698. The molecule has 2 rings (SSSR count). The van der Waals surface area contributed by atoms with Crippen LogP contribution in [0.25, 0.3) is 5.69 Å². The molecule has 0 N–H and O–H groups in total. The molecule has 7 nitrogen and oxygen atoms in total. The van der Waals surface area contributed by atoms with Crippen LogP contribution in [-0.4, -0.2) is 44.9 Å². The van der Waals surface area contributed by atoms with Crippen molar-refractivity contribution in [2.24, 2.45) is 0 Å². The van der Waals surface area contributed by atoms with Gasteiger partial charge in [0.25, 0.3) is 5.91 Å². The minimum Gasteiger partial charge on any atom is -0.275 e. The maximum absolute atomic E-state index is 13.0. The first-order chi connectivity index (χ1) is 12.6. The van der Waals surface area contributed by atoms with Crippen molar-refractivity contribution in [3.8, 4) is 5.69 Å². The number of rotatable bonds is 6. The van der Waals surface area contributed by atoms with Gasteiger partial charge in [-0.1, -0.05) is 23.2 Å². The minimum atomic E-state index is -3.05. The maximum Gasteiger partial charge on any atom is 0.355 e. The van der Waals surface area contributed by atoms with Gasteiger partial charge in [0, 0.05) is 12.1 Å². The lowest BCUT2D eigenvalue weighted by Gasteiger charge is -2.18. The van der Waals surface area contributed by atoms with Gasteiger partial charge in [-0.05, 0) is 31.0 Å². The average molecular weight is 444 g/mol. The first-order valence-electron chi connectivity index (χ1n) is 7.48. The molecule has 0 spiro atoms. The van der Waals surface area contributed by atoms with Crippen LogP contribution in [0.1, 0.15) is 17.9 Å². The Morgan fingerprint density at radius 2 is 1.96 bits per heavy atom. The zero-order chi connectivity index (χ0) is 20.5. The number of carbonyl (C=O) groups excluding carboxylic acids is 1. The predicted molar refractivity (Wildman–Crippen MR) is 97.0 cm³/mol. The predicted octanol–water partition coefficient (Wildman–Crippen LogP) is 3.21. The molecule has 1 aromatic carbocycles. The molecule has 0 aliphatic heterocycles. The third-order valence-corrected chi connectivity index (χ3v) is 4.77. The summed E-state index contributed by atoms with van der Waals surface area (Å²) in [7, 11) is 2.70. The monoisotopic (exact) mass is 442 g/mol. The fraction of sp³-hybridized carbons (Fsp3) is 0.400. The van der Waals surface area contributed by atoms with Crippen molar-refractivity contribution in [3.63, 3.8) is 0 Å². The molecular formula is C15H15Cl3F2N4O3. The number of benzene rings is 1. The quantitative estimate of drug-likeness (QED) is 0.508. The Morgan fingerprint density at radius 1 is 1.33 bits per heavy atom. The molecule has 0 fully saturated rings. The number of nitrogens with zero attached hydrogens (tertiary/aromatic N) is 4. The fourth-order valence-electron chi connectivity index (χ4n) is 2.32. The van der Waals surface area contributed by atoms with E-state index in [1.54, 1.807) is 0 Å². The highest BCUT2D eigenvalue weighted by Gasteiger charge is 2.24. The highest BCUT2D eigenvalue weighted by atomic mass is 35.5. The minimum absolute atomic E-state index is 0.0135. The molecule has 0 saturated heterocycles. The van der Waals surface area contributed by atoms with Gasteiger partial charge >= 0.3 is 12.2 Å². The Balaban J connectivity index is 2.47. The van der Waals surface area contributed by atoms with Crippen molar-refractivity contribution in [1.29, 1.82) is 0 Å². The summed E-state index contributed by atoms with van der Waals surface area (Å²) in [5.41, 5.74) is -0.639. The SMILES string of the molecule is CON(C)C(=O)C(Cl)Cc1cc(-n2nc(C)n(C(F)F)c2=O)c(Cl)cc1Cl. The molecule has 0 radical (unpaired) electrons. The lowest BCUT2D eigenvalue weighted by Crippen LogP contribution is -2.34. The summed E-state index contributed by atoms with van der Waals surface area (Å²) < 4.78 is 27.0. The van der Waals surface area contributed by atoms with E-state index in [2.05, 4.69) is 5.10 Å². The first kappa shape index (κ1) is 21.6. The van der Waals surface area contributed by atoms with Crippen LogP contribution in [0.15, 0.2) is 16.9 Å². The van der Waals surface area contributed by atoms with Crippen molar-refractivity contribution in [3.05, 3.63) is 44.1 Å². The number of carbonyl (C=O) groups is 1. The normalized spacial score (nSPS) is 12.5. The van der Waals surface area contributed by atoms with Crippen molar-refractivity contribution in [2.45, 2.75) is 25.3 Å². The number of aryl methyl sites for hydroxylation is 1. The van der Waals surface area contributed by atoms with Gasteiger partial charge in [0.1, 0.15) is 11.2 Å². The van der Waals surface area contributed by atoms with Crippen LogP contribution in [-0.2, 0) is 16.1 Å². The molecule has 27 heavy (non-hydrogen) atoms. The number of alkyl halides is 3. The largest absolute Gasteiger partial charge is 0.355 e. The summed E-state index contributed by atoms with van der Waals surface area (Å²) in [5, 5.41) is 3.98. The van der Waals surface area contributed by atoms with Crippen LogP contribution < -0.4 is 5.69 Å². The smallest absolute Gasteiger partial charge is 0.275 e. The van der Waals surface area contributed by atoms with Crippen molar-refractivity contribution in [2.75, 3.05) is 14.2 Å². The summed E-state index contributed by atoms with van der Waals surface area (Å²) in [4.78, 5) is 29.0. The number of amides is 1. The second-order valence-corrected chi connectivity index (χ2v) is 6.82. The van der Waals surface area contributed by atoms with Crippen LogP contribution in [0.2, 0.25) is 10.0 Å². The Kier molecular flexibility index (Phi) is 6.85. The molecule has 1 aromatic heterocycles. The summed E-state index contributed by atoms with van der Waals surface area (Å²) in [6.45, 7) is -1.78. The Morgan fingerprint density at radius 3 is 2.48 bits per heavy atom. The van der Waals surface area contributed by atoms with Gasteiger partial charge in [-0.25, -0.2) is 14.4 Å². The second kappa shape index (κ2) is 8.55. The van der Waals surface area contributed by atoms with E-state index in [0.717, 1.165) is 9.75 Å². The van der Waals surface area contributed by atoms with E-state index in [9.17, 15) is 18.4 Å². The summed E-state index contributed by atoms with van der Waals surface area (Å²) in [6, 6.07) is 2.70. The average Bonchev–Trinajstić information content (AvgIpc) is 2.89. The zero-order valence-corrected chi connectivity index (χ0v) is 16.7. The van der Waals surface area contributed by atoms with E-state index < -0.39 is 23.5 Å². The molecule has 12 heteroatoms. The van der Waals surface area contributed by atoms with E-state index in [-0.39, 0.29) is 32.5 Å². The van der Waals surface area contributed by atoms with Gasteiger partial charge in [0.05, 0.1) is 17.8 Å². The fourth-order valence-corrected chi connectivity index (χ4v) is 3.17. The summed E-state index contributed by atoms with van der Waals surface area (Å²) >= 11 is 18.4. The number of halogens is 5. The third kappa shape index (κ3) is 4.43. The zero-order valence-electron chi connectivity index (χ0n) is 14.4. The van der Waals surface area contributed by atoms with Gasteiger partial charge in [-0.3, -0.25) is 9.63 Å². The van der Waals surface area contributed by atoms with Crippen LogP contribution in [0, 0.1) is 6.92 Å². The van der Waals surface area contributed by atoms with Crippen molar-refractivity contribution < 1.29 is 18.4 Å². The second-order valence-electron chi connectivity index (χ2n) is 5.47. The standard InChI is InChI=1S/C15H15Cl3F2N4O3/c1-7-21-24(15(26)23(7)14(19)20)12-5-8(9(16)6-10(12)17)4-11(18)13(25)22(2)27-3/h5-6,11,14H,4H2,1-3H3. The van der Waals surface area contributed by atoms with Gasteiger partial charge in [0.2, 0.25) is 0 Å². The molecule has 2 aromatic rings. The number of hydrogen-bond acceptors (Lipinski definition) is 4. The maximum atomic E-state index is 13.0. The van der Waals surface area contributed by atoms with Gasteiger partial charge in [-0.15, -0.1) is 16.7 Å². The highest BCUT2D eigenvalue weighted by Crippen LogP contribution is 2.29. The molecule has 0 aliphatic rings. The van der Waals surface area contributed by atoms with Crippen LogP contribution in [0.3, 0.4) is 0 Å². The van der Waals surface area contributed by atoms with Crippen LogP contribution in [0.5, 0.6) is 0 Å². The molecule has 0 saturated carbocycles. The molecule has 0 bridgehead atoms. The van der Waals surface area contributed by atoms with E-state index in [1.807, 2.05) is 0 Å². The molecule has 0 aliphatic carbocycles.